The highest BCUT2D eigenvalue weighted by Crippen LogP contribution is 2.29. The number of hydrogen-bond acceptors (Lipinski definition) is 3. The minimum absolute atomic E-state index is 0.141. The number of rotatable bonds is 2. The maximum absolute atomic E-state index is 12.8. The van der Waals surface area contributed by atoms with E-state index in [1.54, 1.807) is 20.8 Å². The van der Waals surface area contributed by atoms with Gasteiger partial charge in [-0.3, -0.25) is 4.79 Å². The summed E-state index contributed by atoms with van der Waals surface area (Å²) in [6.07, 6.45) is -1.48. The molecule has 1 aliphatic rings. The lowest BCUT2D eigenvalue weighted by molar-refractivity contribution is -0.113. The molecule has 4 nitrogen and oxygen atoms in total. The van der Waals surface area contributed by atoms with Crippen molar-refractivity contribution in [3.8, 4) is 0 Å². The van der Waals surface area contributed by atoms with Crippen LogP contribution in [0.3, 0.4) is 0 Å². The number of halogens is 2. The minimum Gasteiger partial charge on any atom is -0.444 e. The average molecular weight is 273 g/mol. The number of hydrogen-bond donors (Lipinski definition) is 1. The Balaban J connectivity index is 2.82. The van der Waals surface area contributed by atoms with Crippen LogP contribution in [0.15, 0.2) is 23.3 Å². The van der Waals surface area contributed by atoms with Crippen molar-refractivity contribution in [1.29, 1.82) is 0 Å². The van der Waals surface area contributed by atoms with Crippen molar-refractivity contribution in [3.63, 3.8) is 0 Å². The van der Waals surface area contributed by atoms with Crippen LogP contribution >= 0.6 is 0 Å². The molecule has 1 unspecified atom stereocenters. The van der Waals surface area contributed by atoms with Gasteiger partial charge < -0.3 is 10.1 Å². The second kappa shape index (κ2) is 5.50. The maximum atomic E-state index is 12.8. The number of nitrogens with one attached hydrogen (secondary N) is 1. The number of amides is 1. The van der Waals surface area contributed by atoms with Crippen LogP contribution in [0, 0.1) is 0 Å². The van der Waals surface area contributed by atoms with Gasteiger partial charge in [0.2, 0.25) is 0 Å². The second-order valence-electron chi connectivity index (χ2n) is 5.33. The Hall–Kier alpha value is -1.72. The van der Waals surface area contributed by atoms with Gasteiger partial charge in [0.15, 0.2) is 5.78 Å². The van der Waals surface area contributed by atoms with E-state index < -0.39 is 23.8 Å². The predicted molar refractivity (Wildman–Crippen MR) is 65.8 cm³/mol. The molecule has 0 fully saturated rings. The lowest BCUT2D eigenvalue weighted by atomic mass is 10.1. The van der Waals surface area contributed by atoms with Gasteiger partial charge >= 0.3 is 6.09 Å². The van der Waals surface area contributed by atoms with Crippen molar-refractivity contribution in [2.75, 3.05) is 0 Å². The zero-order valence-corrected chi connectivity index (χ0v) is 11.3. The first-order valence-corrected chi connectivity index (χ1v) is 5.85. The number of carbonyl (C=O) groups is 2. The molecular weight excluding hydrogens is 256 g/mol. The van der Waals surface area contributed by atoms with Gasteiger partial charge in [0.1, 0.15) is 5.60 Å². The number of alkyl carbamates (subject to hydrolysis) is 1. The van der Waals surface area contributed by atoms with E-state index in [0.29, 0.717) is 0 Å². The highest BCUT2D eigenvalue weighted by atomic mass is 19.3. The van der Waals surface area contributed by atoms with Gasteiger partial charge in [0.25, 0.3) is 6.08 Å². The number of ketones is 1. The largest absolute Gasteiger partial charge is 0.444 e. The van der Waals surface area contributed by atoms with Crippen molar-refractivity contribution >= 4 is 11.9 Å². The molecular formula is C13H17F2NO3. The molecule has 0 aromatic heterocycles. The molecule has 0 radical (unpaired) electrons. The van der Waals surface area contributed by atoms with Crippen molar-refractivity contribution in [1.82, 2.24) is 5.32 Å². The van der Waals surface area contributed by atoms with Crippen molar-refractivity contribution in [2.24, 2.45) is 0 Å². The third kappa shape index (κ3) is 4.46. The number of allylic oxidation sites excluding steroid dienone is 1. The molecule has 106 valence electrons. The van der Waals surface area contributed by atoms with E-state index in [0.717, 1.165) is 0 Å². The van der Waals surface area contributed by atoms with Crippen LogP contribution in [0.25, 0.3) is 0 Å². The van der Waals surface area contributed by atoms with Crippen LogP contribution in [-0.4, -0.2) is 23.5 Å². The summed E-state index contributed by atoms with van der Waals surface area (Å²) in [6, 6.07) is -0.987. The van der Waals surface area contributed by atoms with Crippen LogP contribution in [0.1, 0.15) is 34.1 Å². The van der Waals surface area contributed by atoms with E-state index in [-0.39, 0.29) is 23.4 Å². The summed E-state index contributed by atoms with van der Waals surface area (Å²) in [4.78, 5) is 22.7. The molecule has 0 aromatic rings. The Kier molecular flexibility index (Phi) is 4.44. The van der Waals surface area contributed by atoms with Gasteiger partial charge in [-0.25, -0.2) is 4.79 Å². The molecule has 0 spiro atoms. The normalized spacial score (nSPS) is 18.9. The van der Waals surface area contributed by atoms with Gasteiger partial charge in [0.05, 0.1) is 6.04 Å². The molecule has 6 heteroatoms. The first kappa shape index (κ1) is 15.3. The Bertz CT molecular complexity index is 457. The van der Waals surface area contributed by atoms with Crippen LogP contribution in [0.2, 0.25) is 0 Å². The average Bonchev–Trinajstić information content (AvgIpc) is 2.58. The Morgan fingerprint density at radius 3 is 2.37 bits per heavy atom. The Labute approximate surface area is 110 Å². The predicted octanol–water partition coefficient (Wildman–Crippen LogP) is 2.95. The molecule has 1 amide bonds. The molecule has 1 aliphatic carbocycles. The molecule has 0 saturated heterocycles. The monoisotopic (exact) mass is 273 g/mol. The topological polar surface area (TPSA) is 55.4 Å². The van der Waals surface area contributed by atoms with Gasteiger partial charge in [-0.1, -0.05) is 6.08 Å². The van der Waals surface area contributed by atoms with Gasteiger partial charge in [-0.2, -0.15) is 8.78 Å². The van der Waals surface area contributed by atoms with E-state index in [1.807, 2.05) is 0 Å². The summed E-state index contributed by atoms with van der Waals surface area (Å²) in [5, 5.41) is 2.32. The molecule has 0 aliphatic heterocycles. The standard InChI is InChI=1S/C13H17F2NO3/c1-7(17)8-5-9(11(14)15)10(6-8)16-12(18)19-13(2,3)4/h6,10H,5H2,1-4H3,(H,16,18). The highest BCUT2D eigenvalue weighted by molar-refractivity contribution is 5.95. The number of ether oxygens (including phenoxy) is 1. The van der Waals surface area contributed by atoms with Gasteiger partial charge in [0, 0.05) is 12.0 Å². The summed E-state index contributed by atoms with van der Waals surface area (Å²) in [5.41, 5.74) is -0.714. The first-order valence-electron chi connectivity index (χ1n) is 5.85. The fourth-order valence-corrected chi connectivity index (χ4v) is 1.67. The number of carbonyl (C=O) groups excluding carboxylic acids is 2. The fourth-order valence-electron chi connectivity index (χ4n) is 1.67. The summed E-state index contributed by atoms with van der Waals surface area (Å²) in [7, 11) is 0. The lowest BCUT2D eigenvalue weighted by Crippen LogP contribution is -2.38. The minimum atomic E-state index is -1.88. The SMILES string of the molecule is CC(=O)C1=CC(NC(=O)OC(C)(C)C)C(=C(F)F)C1. The molecule has 19 heavy (non-hydrogen) atoms. The summed E-state index contributed by atoms with van der Waals surface area (Å²) in [6.45, 7) is 6.31. The fraction of sp³-hybridized carbons (Fsp3) is 0.538. The third-order valence-electron chi connectivity index (χ3n) is 2.49. The van der Waals surface area contributed by atoms with Gasteiger partial charge in [-0.05, 0) is 33.3 Å². The van der Waals surface area contributed by atoms with Gasteiger partial charge in [-0.15, -0.1) is 0 Å². The molecule has 1 N–H and O–H groups in total. The summed E-state index contributed by atoms with van der Waals surface area (Å²) >= 11 is 0. The van der Waals surface area contributed by atoms with Crippen molar-refractivity contribution < 1.29 is 23.1 Å². The van der Waals surface area contributed by atoms with Crippen LogP contribution in [0.5, 0.6) is 0 Å². The highest BCUT2D eigenvalue weighted by Gasteiger charge is 2.30. The van der Waals surface area contributed by atoms with E-state index in [1.165, 1.54) is 13.0 Å². The summed E-state index contributed by atoms with van der Waals surface area (Å²) < 4.78 is 30.5. The van der Waals surface area contributed by atoms with Crippen LogP contribution in [0.4, 0.5) is 13.6 Å². The Morgan fingerprint density at radius 2 is 1.95 bits per heavy atom. The van der Waals surface area contributed by atoms with E-state index in [9.17, 15) is 18.4 Å². The molecule has 0 heterocycles. The summed E-state index contributed by atoms with van der Waals surface area (Å²) in [5.74, 6) is -0.285. The van der Waals surface area contributed by atoms with E-state index in [4.69, 9.17) is 4.74 Å². The molecule has 0 bridgehead atoms. The van der Waals surface area contributed by atoms with E-state index in [2.05, 4.69) is 5.32 Å². The van der Waals surface area contributed by atoms with Crippen molar-refractivity contribution in [2.45, 2.75) is 45.8 Å². The zero-order valence-electron chi connectivity index (χ0n) is 11.3. The third-order valence-corrected chi connectivity index (χ3v) is 2.49. The zero-order chi connectivity index (χ0) is 14.8. The molecule has 0 aromatic carbocycles. The first-order chi connectivity index (χ1) is 8.60. The smallest absolute Gasteiger partial charge is 0.408 e. The number of Topliss-reactive ketones (excluding diaryl/α,β-unsaturated/α-hetero) is 1. The lowest BCUT2D eigenvalue weighted by Gasteiger charge is -2.21. The maximum Gasteiger partial charge on any atom is 0.408 e. The quantitative estimate of drug-likeness (QED) is 0.841. The van der Waals surface area contributed by atoms with Crippen molar-refractivity contribution in [3.05, 3.63) is 23.3 Å². The Morgan fingerprint density at radius 1 is 1.37 bits per heavy atom. The second-order valence-corrected chi connectivity index (χ2v) is 5.33. The van der Waals surface area contributed by atoms with E-state index >= 15 is 0 Å². The van der Waals surface area contributed by atoms with Crippen LogP contribution in [-0.2, 0) is 9.53 Å². The molecule has 1 rings (SSSR count). The molecule has 1 atom stereocenters. The van der Waals surface area contributed by atoms with Crippen LogP contribution < -0.4 is 5.32 Å². The molecule has 0 saturated carbocycles.